The molecule has 1 fully saturated rings. The van der Waals surface area contributed by atoms with Gasteiger partial charge in [0.25, 0.3) is 5.56 Å². The number of hydrogen-bond acceptors (Lipinski definition) is 4. The molecule has 1 saturated carbocycles. The van der Waals surface area contributed by atoms with E-state index in [9.17, 15) is 4.79 Å². The van der Waals surface area contributed by atoms with Crippen LogP contribution in [0.5, 0.6) is 5.75 Å². The van der Waals surface area contributed by atoms with Crippen molar-refractivity contribution in [3.05, 3.63) is 52.5 Å². The Bertz CT molecular complexity index is 750. The standard InChI is InChI=1S/C21H29N3O2/c1-16-13-19(26-15-20-22-11-8-12-23-20)14-21(25)24(16)17(2)18-9-6-4-3-5-7-10-18/h8,11-14,17-18H,3-7,9-10,15H2,1-2H3. The van der Waals surface area contributed by atoms with Crippen LogP contribution in [0.15, 0.2) is 35.4 Å². The van der Waals surface area contributed by atoms with Gasteiger partial charge in [0.1, 0.15) is 12.4 Å². The first-order valence-electron chi connectivity index (χ1n) is 9.77. The van der Waals surface area contributed by atoms with Gasteiger partial charge in [-0.1, -0.05) is 32.1 Å². The van der Waals surface area contributed by atoms with Gasteiger partial charge in [-0.3, -0.25) is 4.79 Å². The molecule has 2 aromatic rings. The first kappa shape index (κ1) is 18.6. The quantitative estimate of drug-likeness (QED) is 0.795. The molecule has 5 nitrogen and oxygen atoms in total. The lowest BCUT2D eigenvalue weighted by molar-refractivity contribution is 0.269. The Morgan fingerprint density at radius 3 is 2.42 bits per heavy atom. The third-order valence-electron chi connectivity index (χ3n) is 5.46. The van der Waals surface area contributed by atoms with E-state index >= 15 is 0 Å². The van der Waals surface area contributed by atoms with Gasteiger partial charge in [0.05, 0.1) is 0 Å². The zero-order valence-electron chi connectivity index (χ0n) is 15.9. The maximum Gasteiger partial charge on any atom is 0.254 e. The Balaban J connectivity index is 1.72. The molecule has 1 unspecified atom stereocenters. The number of aryl methyl sites for hydroxylation is 1. The lowest BCUT2D eigenvalue weighted by atomic mass is 9.86. The van der Waals surface area contributed by atoms with E-state index in [0.29, 0.717) is 17.5 Å². The van der Waals surface area contributed by atoms with Crippen LogP contribution < -0.4 is 10.3 Å². The van der Waals surface area contributed by atoms with Gasteiger partial charge in [-0.05, 0) is 44.7 Å². The highest BCUT2D eigenvalue weighted by atomic mass is 16.5. The summed E-state index contributed by atoms with van der Waals surface area (Å²) in [6.45, 7) is 4.45. The average Bonchev–Trinajstić information content (AvgIpc) is 2.60. The average molecular weight is 355 g/mol. The summed E-state index contributed by atoms with van der Waals surface area (Å²) in [5.74, 6) is 1.77. The Hall–Kier alpha value is -2.17. The predicted octanol–water partition coefficient (Wildman–Crippen LogP) is 4.45. The maximum absolute atomic E-state index is 12.8. The number of rotatable bonds is 5. The highest BCUT2D eigenvalue weighted by Crippen LogP contribution is 2.31. The number of hydrogen-bond donors (Lipinski definition) is 0. The summed E-state index contributed by atoms with van der Waals surface area (Å²) in [4.78, 5) is 21.0. The summed E-state index contributed by atoms with van der Waals surface area (Å²) < 4.78 is 7.67. The molecule has 3 rings (SSSR count). The summed E-state index contributed by atoms with van der Waals surface area (Å²) in [7, 11) is 0. The topological polar surface area (TPSA) is 57.0 Å². The molecule has 1 aliphatic rings. The zero-order chi connectivity index (χ0) is 18.4. The van der Waals surface area contributed by atoms with Crippen LogP contribution in [-0.2, 0) is 6.61 Å². The van der Waals surface area contributed by atoms with E-state index < -0.39 is 0 Å². The van der Waals surface area contributed by atoms with Gasteiger partial charge >= 0.3 is 0 Å². The lowest BCUT2D eigenvalue weighted by Crippen LogP contribution is -2.29. The highest BCUT2D eigenvalue weighted by Gasteiger charge is 2.22. The zero-order valence-corrected chi connectivity index (χ0v) is 15.9. The number of aromatic nitrogens is 3. The number of ether oxygens (including phenoxy) is 1. The SMILES string of the molecule is Cc1cc(OCc2ncccn2)cc(=O)n1C(C)C1CCCCCCC1. The van der Waals surface area contributed by atoms with Crippen molar-refractivity contribution in [2.24, 2.45) is 5.92 Å². The highest BCUT2D eigenvalue weighted by molar-refractivity contribution is 5.24. The van der Waals surface area contributed by atoms with E-state index in [1.54, 1.807) is 24.5 Å². The second-order valence-corrected chi connectivity index (χ2v) is 7.34. The fraction of sp³-hybridized carbons (Fsp3) is 0.571. The molecule has 26 heavy (non-hydrogen) atoms. The maximum atomic E-state index is 12.8. The lowest BCUT2D eigenvalue weighted by Gasteiger charge is -2.29. The summed E-state index contributed by atoms with van der Waals surface area (Å²) in [5.41, 5.74) is 0.972. The van der Waals surface area contributed by atoms with Crippen molar-refractivity contribution < 1.29 is 4.74 Å². The molecule has 0 aliphatic heterocycles. The minimum atomic E-state index is 0.0172. The molecule has 1 atom stereocenters. The monoisotopic (exact) mass is 355 g/mol. The summed E-state index contributed by atoms with van der Waals surface area (Å²) in [5, 5.41) is 0. The number of pyridine rings is 1. The second-order valence-electron chi connectivity index (χ2n) is 7.34. The van der Waals surface area contributed by atoms with Crippen LogP contribution in [0.25, 0.3) is 0 Å². The fourth-order valence-corrected chi connectivity index (χ4v) is 4.02. The van der Waals surface area contributed by atoms with Crippen molar-refractivity contribution in [2.45, 2.75) is 71.4 Å². The van der Waals surface area contributed by atoms with Gasteiger partial charge in [-0.25, -0.2) is 9.97 Å². The van der Waals surface area contributed by atoms with Crippen molar-refractivity contribution in [1.29, 1.82) is 0 Å². The van der Waals surface area contributed by atoms with Crippen molar-refractivity contribution in [3.8, 4) is 5.75 Å². The van der Waals surface area contributed by atoms with Crippen LogP contribution in [0, 0.1) is 12.8 Å². The summed E-state index contributed by atoms with van der Waals surface area (Å²) in [6, 6.07) is 5.54. The van der Waals surface area contributed by atoms with E-state index in [1.165, 1.54) is 44.9 Å². The summed E-state index contributed by atoms with van der Waals surface area (Å²) in [6.07, 6.45) is 12.4. The molecule has 0 N–H and O–H groups in total. The molecule has 0 saturated heterocycles. The van der Waals surface area contributed by atoms with Crippen LogP contribution in [0.2, 0.25) is 0 Å². The van der Waals surface area contributed by atoms with E-state index in [-0.39, 0.29) is 18.2 Å². The van der Waals surface area contributed by atoms with Gasteiger partial charge in [0.15, 0.2) is 5.82 Å². The van der Waals surface area contributed by atoms with Gasteiger partial charge in [0.2, 0.25) is 0 Å². The molecule has 0 aromatic carbocycles. The first-order valence-corrected chi connectivity index (χ1v) is 9.77. The third kappa shape index (κ3) is 4.71. The molecule has 1 aliphatic carbocycles. The van der Waals surface area contributed by atoms with Crippen molar-refractivity contribution in [2.75, 3.05) is 0 Å². The molecular weight excluding hydrogens is 326 g/mol. The van der Waals surface area contributed by atoms with Gasteiger partial charge < -0.3 is 9.30 Å². The molecule has 2 heterocycles. The molecular formula is C21H29N3O2. The normalized spacial score (nSPS) is 17.3. The van der Waals surface area contributed by atoms with Crippen molar-refractivity contribution >= 4 is 0 Å². The van der Waals surface area contributed by atoms with E-state index in [1.807, 2.05) is 17.6 Å². The van der Waals surface area contributed by atoms with Gasteiger partial charge in [-0.15, -0.1) is 0 Å². The van der Waals surface area contributed by atoms with E-state index in [0.717, 1.165) is 5.69 Å². The van der Waals surface area contributed by atoms with E-state index in [2.05, 4.69) is 16.9 Å². The minimum Gasteiger partial charge on any atom is -0.485 e. The fourth-order valence-electron chi connectivity index (χ4n) is 4.02. The third-order valence-corrected chi connectivity index (χ3v) is 5.46. The molecule has 5 heteroatoms. The molecule has 140 valence electrons. The Morgan fingerprint density at radius 2 is 1.77 bits per heavy atom. The van der Waals surface area contributed by atoms with Crippen LogP contribution in [0.4, 0.5) is 0 Å². The van der Waals surface area contributed by atoms with Crippen LogP contribution in [-0.4, -0.2) is 14.5 Å². The Kier molecular flexibility index (Phi) is 6.42. The van der Waals surface area contributed by atoms with Gasteiger partial charge in [-0.2, -0.15) is 0 Å². The predicted molar refractivity (Wildman–Crippen MR) is 102 cm³/mol. The molecule has 0 amide bonds. The largest absolute Gasteiger partial charge is 0.485 e. The smallest absolute Gasteiger partial charge is 0.254 e. The van der Waals surface area contributed by atoms with Crippen LogP contribution in [0.3, 0.4) is 0 Å². The molecule has 0 radical (unpaired) electrons. The first-order chi connectivity index (χ1) is 12.6. The van der Waals surface area contributed by atoms with Crippen molar-refractivity contribution in [1.82, 2.24) is 14.5 Å². The van der Waals surface area contributed by atoms with E-state index in [4.69, 9.17) is 4.74 Å². The molecule has 0 bridgehead atoms. The minimum absolute atomic E-state index is 0.0172. The van der Waals surface area contributed by atoms with Crippen LogP contribution >= 0.6 is 0 Å². The number of nitrogens with zero attached hydrogens (tertiary/aromatic N) is 3. The molecule has 2 aromatic heterocycles. The van der Waals surface area contributed by atoms with Crippen molar-refractivity contribution in [3.63, 3.8) is 0 Å². The molecule has 0 spiro atoms. The Morgan fingerprint density at radius 1 is 1.12 bits per heavy atom. The van der Waals surface area contributed by atoms with Gasteiger partial charge in [0, 0.05) is 30.2 Å². The second kappa shape index (κ2) is 8.97. The van der Waals surface area contributed by atoms with Crippen LogP contribution in [0.1, 0.15) is 69.4 Å². The summed E-state index contributed by atoms with van der Waals surface area (Å²) >= 11 is 0. The Labute approximate surface area is 155 Å².